The average Bonchev–Trinajstić information content (AvgIpc) is 3.49. The number of aromatic nitrogens is 6. The van der Waals surface area contributed by atoms with E-state index in [1.165, 1.54) is 0 Å². The van der Waals surface area contributed by atoms with E-state index in [-0.39, 0.29) is 36.1 Å². The van der Waals surface area contributed by atoms with Gasteiger partial charge in [-0.1, -0.05) is 194 Å². The fraction of sp³-hybridized carbons (Fsp3) is 0. The molecule has 0 atom stereocenters. The molecule has 78 heavy (non-hydrogen) atoms. The van der Waals surface area contributed by atoms with Crippen molar-refractivity contribution < 1.29 is 28.4 Å². The fourth-order valence-electron chi connectivity index (χ4n) is 8.36. The summed E-state index contributed by atoms with van der Waals surface area (Å²) in [5.41, 5.74) is 10.4. The van der Waals surface area contributed by atoms with Crippen LogP contribution in [0.4, 0.5) is 0 Å². The topological polar surface area (TPSA) is 133 Å². The van der Waals surface area contributed by atoms with E-state index < -0.39 is 0 Å². The Balaban J connectivity index is 0.754. The van der Waals surface area contributed by atoms with Gasteiger partial charge in [0.15, 0.2) is 0 Å². The maximum absolute atomic E-state index is 6.22. The molecule has 2 aromatic heterocycles. The second kappa shape index (κ2) is 22.6. The van der Waals surface area contributed by atoms with Gasteiger partial charge in [0.2, 0.25) is 0 Å². The quantitative estimate of drug-likeness (QED) is 0.0860. The summed E-state index contributed by atoms with van der Waals surface area (Å²) < 4.78 is 37.1. The van der Waals surface area contributed by atoms with Crippen LogP contribution in [0, 0.1) is 0 Å². The minimum atomic E-state index is -0.0200. The molecule has 12 aromatic rings. The van der Waals surface area contributed by atoms with Crippen molar-refractivity contribution in [3.05, 3.63) is 267 Å². The van der Waals surface area contributed by atoms with Crippen molar-refractivity contribution in [2.75, 3.05) is 0 Å². The van der Waals surface area contributed by atoms with Gasteiger partial charge in [0, 0.05) is 0 Å². The van der Waals surface area contributed by atoms with Crippen LogP contribution in [-0.4, -0.2) is 29.9 Å². The van der Waals surface area contributed by atoms with Crippen LogP contribution >= 0.6 is 0 Å². The highest BCUT2D eigenvalue weighted by Crippen LogP contribution is 2.34. The first-order chi connectivity index (χ1) is 38.5. The summed E-state index contributed by atoms with van der Waals surface area (Å²) >= 11 is 0. The molecule has 2 heterocycles. The Bertz CT molecular complexity index is 3430. The lowest BCUT2D eigenvalue weighted by Crippen LogP contribution is -2.01. The molecule has 0 fully saturated rings. The highest BCUT2D eigenvalue weighted by atomic mass is 16.5. The first-order valence-electron chi connectivity index (χ1n) is 25.0. The molecule has 0 saturated heterocycles. The van der Waals surface area contributed by atoms with Crippen molar-refractivity contribution in [2.45, 2.75) is 0 Å². The molecule has 0 bridgehead atoms. The molecule has 12 rings (SSSR count). The van der Waals surface area contributed by atoms with Crippen LogP contribution in [0.3, 0.4) is 0 Å². The van der Waals surface area contributed by atoms with Crippen LogP contribution in [0.1, 0.15) is 0 Å². The predicted octanol–water partition coefficient (Wildman–Crippen LogP) is 17.1. The predicted molar refractivity (Wildman–Crippen MR) is 299 cm³/mol. The summed E-state index contributed by atoms with van der Waals surface area (Å²) in [6.07, 6.45) is 0. The molecule has 0 spiro atoms. The van der Waals surface area contributed by atoms with E-state index in [1.54, 1.807) is 0 Å². The van der Waals surface area contributed by atoms with Gasteiger partial charge in [-0.3, -0.25) is 0 Å². The van der Waals surface area contributed by atoms with Gasteiger partial charge in [-0.05, 0) is 128 Å². The number of hydrogen-bond donors (Lipinski definition) is 0. The number of nitrogens with zero attached hydrogens (tertiary/aromatic N) is 6. The van der Waals surface area contributed by atoms with Gasteiger partial charge in [-0.25, -0.2) is 0 Å². The number of rotatable bonds is 17. The monoisotopic (exact) mass is 1020 g/mol. The molecule has 0 radical (unpaired) electrons. The van der Waals surface area contributed by atoms with Gasteiger partial charge in [-0.15, -0.1) is 29.9 Å². The largest absolute Gasteiger partial charge is 0.424 e. The summed E-state index contributed by atoms with van der Waals surface area (Å²) in [7, 11) is 0. The smallest absolute Gasteiger partial charge is 0.331 e. The molecule has 0 amide bonds. The van der Waals surface area contributed by atoms with E-state index in [0.717, 1.165) is 55.6 Å². The molecule has 0 aliphatic rings. The minimum absolute atomic E-state index is 0.00499. The molecular weight excluding hydrogens is 973 g/mol. The molecule has 12 nitrogen and oxygen atoms in total. The van der Waals surface area contributed by atoms with Crippen molar-refractivity contribution in [3.63, 3.8) is 0 Å². The van der Waals surface area contributed by atoms with Crippen molar-refractivity contribution in [3.8, 4) is 126 Å². The lowest BCUT2D eigenvalue weighted by atomic mass is 10.1. The first-order valence-corrected chi connectivity index (χ1v) is 25.0. The third-order valence-corrected chi connectivity index (χ3v) is 12.3. The molecule has 10 aromatic carbocycles. The Kier molecular flexibility index (Phi) is 13.9. The lowest BCUT2D eigenvalue weighted by molar-refractivity contribution is 0.361. The maximum atomic E-state index is 6.22. The molecule has 0 N–H and O–H groups in total. The van der Waals surface area contributed by atoms with E-state index in [0.29, 0.717) is 34.5 Å². The number of benzene rings is 10. The SMILES string of the molecule is c1ccc(-c2ccc(Oc3nc(Oc4ccc(-c5ccccc5)cc4)nc(Oc4ccc(-c5ccc(Oc6nc(Oc7ccc(-c8ccccc8)cc7)nc(Oc7ccc(-c8ccccc8)cc7)n6)cc5)cc4)n3)cc2)cc1. The third kappa shape index (κ3) is 12.0. The van der Waals surface area contributed by atoms with Gasteiger partial charge in [0.1, 0.15) is 34.5 Å². The van der Waals surface area contributed by atoms with Crippen LogP contribution < -0.4 is 28.4 Å². The van der Waals surface area contributed by atoms with Crippen molar-refractivity contribution >= 4 is 0 Å². The fourth-order valence-corrected chi connectivity index (χ4v) is 8.36. The van der Waals surface area contributed by atoms with Crippen LogP contribution in [0.5, 0.6) is 70.6 Å². The normalized spacial score (nSPS) is 10.8. The maximum Gasteiger partial charge on any atom is 0.331 e. The summed E-state index contributed by atoms with van der Waals surface area (Å²) in [5, 5.41) is 0. The van der Waals surface area contributed by atoms with Gasteiger partial charge in [-0.2, -0.15) is 0 Å². The molecule has 374 valence electrons. The summed E-state index contributed by atoms with van der Waals surface area (Å²) in [6, 6.07) is 86.1. The van der Waals surface area contributed by atoms with Crippen molar-refractivity contribution in [2.24, 2.45) is 0 Å². The second-order valence-corrected chi connectivity index (χ2v) is 17.6. The van der Waals surface area contributed by atoms with E-state index in [4.69, 9.17) is 28.4 Å². The number of hydrogen-bond acceptors (Lipinski definition) is 12. The Morgan fingerprint density at radius 3 is 0.410 bits per heavy atom. The van der Waals surface area contributed by atoms with Crippen molar-refractivity contribution in [1.29, 1.82) is 0 Å². The standard InChI is InChI=1S/C66H44N6O6/c1-5-13-45(14-6-1)49-21-33-55(34-22-49)73-61-67-62(74-56-35-23-50(24-36-56)46-15-7-2-8-16-46)70-65(69-61)77-59-41-29-53(30-42-59)54-31-43-60(44-32-54)78-66-71-63(75-57-37-25-51(26-38-57)47-17-9-3-10-18-47)68-64(72-66)76-58-39-27-52(28-40-58)48-19-11-4-12-20-48/h1-44H. The van der Waals surface area contributed by atoms with E-state index in [2.05, 4.69) is 78.4 Å². The summed E-state index contributed by atoms with van der Waals surface area (Å²) in [4.78, 5) is 27.1. The van der Waals surface area contributed by atoms with E-state index in [1.807, 2.05) is 218 Å². The zero-order valence-corrected chi connectivity index (χ0v) is 41.5. The van der Waals surface area contributed by atoms with Gasteiger partial charge < -0.3 is 28.4 Å². The van der Waals surface area contributed by atoms with Gasteiger partial charge in [0.25, 0.3) is 0 Å². The zero-order valence-electron chi connectivity index (χ0n) is 41.5. The molecule has 0 aliphatic heterocycles. The first kappa shape index (κ1) is 48.0. The Hall–Kier alpha value is -11.0. The van der Waals surface area contributed by atoms with Crippen LogP contribution in [0.25, 0.3) is 55.6 Å². The summed E-state index contributed by atoms with van der Waals surface area (Å²) in [6.45, 7) is 0. The third-order valence-electron chi connectivity index (χ3n) is 12.3. The Labute approximate surface area is 449 Å². The van der Waals surface area contributed by atoms with Crippen molar-refractivity contribution in [1.82, 2.24) is 29.9 Å². The second-order valence-electron chi connectivity index (χ2n) is 17.6. The van der Waals surface area contributed by atoms with Gasteiger partial charge in [0.05, 0.1) is 0 Å². The highest BCUT2D eigenvalue weighted by molar-refractivity contribution is 5.68. The summed E-state index contributed by atoms with van der Waals surface area (Å²) in [5.74, 6) is 3.06. The molecule has 0 saturated carbocycles. The number of ether oxygens (including phenoxy) is 6. The average molecular weight is 1020 g/mol. The lowest BCUT2D eigenvalue weighted by Gasteiger charge is -2.11. The van der Waals surface area contributed by atoms with E-state index >= 15 is 0 Å². The minimum Gasteiger partial charge on any atom is -0.424 e. The Morgan fingerprint density at radius 2 is 0.269 bits per heavy atom. The Morgan fingerprint density at radius 1 is 0.141 bits per heavy atom. The van der Waals surface area contributed by atoms with Crippen LogP contribution in [0.2, 0.25) is 0 Å². The highest BCUT2D eigenvalue weighted by Gasteiger charge is 2.16. The molecule has 0 unspecified atom stereocenters. The molecule has 12 heteroatoms. The molecule has 0 aliphatic carbocycles. The van der Waals surface area contributed by atoms with Crippen LogP contribution in [0.15, 0.2) is 267 Å². The molecular formula is C66H44N6O6. The zero-order chi connectivity index (χ0) is 52.3. The van der Waals surface area contributed by atoms with E-state index in [9.17, 15) is 0 Å². The van der Waals surface area contributed by atoms with Gasteiger partial charge >= 0.3 is 36.1 Å². The van der Waals surface area contributed by atoms with Crippen LogP contribution in [-0.2, 0) is 0 Å².